The van der Waals surface area contributed by atoms with Gasteiger partial charge >= 0.3 is 11.9 Å². The van der Waals surface area contributed by atoms with Crippen LogP contribution in [0.15, 0.2) is 24.3 Å². The molecular weight excluding hydrogens is 401 g/mol. The molecule has 9 heteroatoms. The number of para-hydroxylation sites is 1. The van der Waals surface area contributed by atoms with Crippen LogP contribution in [0, 0.1) is 12.7 Å². The SMILES string of the molecule is CCOC(=O)c1sc(NC(=O)[C@H](C)Oc2ccccc2F)c(C(=O)OCC)c1C. The largest absolute Gasteiger partial charge is 0.478 e. The Hall–Kier alpha value is -2.94. The average Bonchev–Trinajstić information content (AvgIpc) is 3.00. The van der Waals surface area contributed by atoms with Gasteiger partial charge < -0.3 is 19.5 Å². The summed E-state index contributed by atoms with van der Waals surface area (Å²) in [6.45, 7) is 6.62. The Labute approximate surface area is 171 Å². The Morgan fingerprint density at radius 2 is 1.72 bits per heavy atom. The highest BCUT2D eigenvalue weighted by Crippen LogP contribution is 2.34. The zero-order valence-electron chi connectivity index (χ0n) is 16.5. The number of halogens is 1. The summed E-state index contributed by atoms with van der Waals surface area (Å²) in [5, 5.41) is 2.71. The van der Waals surface area contributed by atoms with Gasteiger partial charge in [-0.3, -0.25) is 4.79 Å². The van der Waals surface area contributed by atoms with Gasteiger partial charge in [-0.1, -0.05) is 12.1 Å². The zero-order chi connectivity index (χ0) is 21.6. The van der Waals surface area contributed by atoms with Crippen LogP contribution in [0.4, 0.5) is 9.39 Å². The van der Waals surface area contributed by atoms with Gasteiger partial charge in [0.15, 0.2) is 17.7 Å². The number of ether oxygens (including phenoxy) is 3. The van der Waals surface area contributed by atoms with E-state index in [1.54, 1.807) is 26.8 Å². The van der Waals surface area contributed by atoms with Gasteiger partial charge in [0.1, 0.15) is 9.88 Å². The van der Waals surface area contributed by atoms with Gasteiger partial charge in [0.05, 0.1) is 18.8 Å². The Kier molecular flexibility index (Phi) is 7.72. The molecule has 1 atom stereocenters. The van der Waals surface area contributed by atoms with Crippen molar-refractivity contribution in [1.82, 2.24) is 0 Å². The molecule has 0 fully saturated rings. The minimum absolute atomic E-state index is 0.0738. The third-order valence-corrected chi connectivity index (χ3v) is 5.02. The Bertz CT molecular complexity index is 910. The summed E-state index contributed by atoms with van der Waals surface area (Å²) in [7, 11) is 0. The number of carbonyl (C=O) groups is 3. The number of anilines is 1. The first-order valence-electron chi connectivity index (χ1n) is 8.99. The molecule has 0 spiro atoms. The lowest BCUT2D eigenvalue weighted by Gasteiger charge is -2.15. The third kappa shape index (κ3) is 5.32. The summed E-state index contributed by atoms with van der Waals surface area (Å²) in [5.41, 5.74) is 0.427. The lowest BCUT2D eigenvalue weighted by atomic mass is 10.1. The molecule has 1 N–H and O–H groups in total. The third-order valence-electron chi connectivity index (χ3n) is 3.83. The van der Waals surface area contributed by atoms with Crippen molar-refractivity contribution in [3.8, 4) is 5.75 Å². The van der Waals surface area contributed by atoms with E-state index < -0.39 is 29.8 Å². The molecule has 0 bridgehead atoms. The molecule has 29 heavy (non-hydrogen) atoms. The van der Waals surface area contributed by atoms with Crippen LogP contribution in [0.1, 0.15) is 46.4 Å². The standard InChI is InChI=1S/C20H22FNO6S/c1-5-26-19(24)15-11(3)16(20(25)27-6-2)29-18(15)22-17(23)12(4)28-14-10-8-7-9-13(14)21/h7-10,12H,5-6H2,1-4H3,(H,22,23)/t12-/m0/s1. The van der Waals surface area contributed by atoms with Gasteiger partial charge in [0, 0.05) is 0 Å². The second-order valence-electron chi connectivity index (χ2n) is 5.88. The quantitative estimate of drug-likeness (QED) is 0.647. The number of amides is 1. The van der Waals surface area contributed by atoms with Gasteiger partial charge in [0.2, 0.25) is 0 Å². The van der Waals surface area contributed by atoms with E-state index in [1.807, 2.05) is 0 Å². The van der Waals surface area contributed by atoms with Crippen molar-refractivity contribution in [3.05, 3.63) is 46.1 Å². The minimum Gasteiger partial charge on any atom is -0.478 e. The molecule has 0 aliphatic rings. The molecule has 0 unspecified atom stereocenters. The molecule has 1 amide bonds. The van der Waals surface area contributed by atoms with Crippen molar-refractivity contribution in [2.45, 2.75) is 33.8 Å². The Morgan fingerprint density at radius 1 is 1.10 bits per heavy atom. The summed E-state index contributed by atoms with van der Waals surface area (Å²) in [5.74, 6) is -2.56. The van der Waals surface area contributed by atoms with E-state index in [0.717, 1.165) is 11.3 Å². The first-order chi connectivity index (χ1) is 13.8. The van der Waals surface area contributed by atoms with E-state index >= 15 is 0 Å². The summed E-state index contributed by atoms with van der Waals surface area (Å²) in [6.07, 6.45) is -1.06. The van der Waals surface area contributed by atoms with Crippen LogP contribution in [0.5, 0.6) is 5.75 Å². The number of esters is 2. The molecule has 0 saturated carbocycles. The van der Waals surface area contributed by atoms with Crippen molar-refractivity contribution in [2.24, 2.45) is 0 Å². The van der Waals surface area contributed by atoms with Gasteiger partial charge in [-0.05, 0) is 45.4 Å². The summed E-state index contributed by atoms with van der Waals surface area (Å²) < 4.78 is 29.1. The molecule has 1 aromatic heterocycles. The molecule has 0 aliphatic heterocycles. The van der Waals surface area contributed by atoms with E-state index in [4.69, 9.17) is 14.2 Å². The summed E-state index contributed by atoms with van der Waals surface area (Å²) >= 11 is 0.907. The van der Waals surface area contributed by atoms with Gasteiger partial charge in [-0.15, -0.1) is 11.3 Å². The number of benzene rings is 1. The molecule has 0 radical (unpaired) electrons. The molecule has 0 aliphatic carbocycles. The fourth-order valence-electron chi connectivity index (χ4n) is 2.44. The van der Waals surface area contributed by atoms with Gasteiger partial charge in [0.25, 0.3) is 5.91 Å². The Balaban J connectivity index is 2.28. The molecule has 7 nitrogen and oxygen atoms in total. The number of hydrogen-bond donors (Lipinski definition) is 1. The average molecular weight is 423 g/mol. The van der Waals surface area contributed by atoms with E-state index in [1.165, 1.54) is 25.1 Å². The number of thiophene rings is 1. The van der Waals surface area contributed by atoms with E-state index in [9.17, 15) is 18.8 Å². The van der Waals surface area contributed by atoms with E-state index in [-0.39, 0.29) is 34.4 Å². The van der Waals surface area contributed by atoms with Crippen LogP contribution in [-0.4, -0.2) is 37.2 Å². The topological polar surface area (TPSA) is 90.9 Å². The maximum atomic E-state index is 13.7. The molecule has 2 aromatic rings. The number of hydrogen-bond acceptors (Lipinski definition) is 7. The highest BCUT2D eigenvalue weighted by Gasteiger charge is 2.28. The first-order valence-corrected chi connectivity index (χ1v) is 9.81. The lowest BCUT2D eigenvalue weighted by molar-refractivity contribution is -0.122. The predicted octanol–water partition coefficient (Wildman–Crippen LogP) is 3.96. The van der Waals surface area contributed by atoms with E-state index in [0.29, 0.717) is 5.56 Å². The van der Waals surface area contributed by atoms with Crippen LogP contribution in [0.25, 0.3) is 0 Å². The smallest absolute Gasteiger partial charge is 0.348 e. The van der Waals surface area contributed by atoms with E-state index in [2.05, 4.69) is 5.32 Å². The minimum atomic E-state index is -1.06. The normalized spacial score (nSPS) is 11.5. The second-order valence-corrected chi connectivity index (χ2v) is 6.90. The lowest BCUT2D eigenvalue weighted by Crippen LogP contribution is -2.30. The fourth-order valence-corrected chi connectivity index (χ4v) is 3.53. The van der Waals surface area contributed by atoms with Crippen molar-refractivity contribution in [1.29, 1.82) is 0 Å². The van der Waals surface area contributed by atoms with Gasteiger partial charge in [-0.25, -0.2) is 14.0 Å². The first kappa shape index (κ1) is 22.4. The highest BCUT2D eigenvalue weighted by atomic mass is 32.1. The Morgan fingerprint density at radius 3 is 2.34 bits per heavy atom. The number of nitrogens with one attached hydrogen (secondary N) is 1. The van der Waals surface area contributed by atoms with Crippen LogP contribution >= 0.6 is 11.3 Å². The molecule has 156 valence electrons. The number of carbonyl (C=O) groups excluding carboxylic acids is 3. The monoisotopic (exact) mass is 423 g/mol. The van der Waals surface area contributed by atoms with Crippen molar-refractivity contribution in [3.63, 3.8) is 0 Å². The number of rotatable bonds is 8. The van der Waals surface area contributed by atoms with Crippen LogP contribution in [-0.2, 0) is 14.3 Å². The van der Waals surface area contributed by atoms with Crippen LogP contribution in [0.3, 0.4) is 0 Å². The molecule has 1 heterocycles. The summed E-state index contributed by atoms with van der Waals surface area (Å²) in [6, 6.07) is 5.70. The van der Waals surface area contributed by atoms with Gasteiger partial charge in [-0.2, -0.15) is 0 Å². The molecule has 1 aromatic carbocycles. The highest BCUT2D eigenvalue weighted by molar-refractivity contribution is 7.18. The summed E-state index contributed by atoms with van der Waals surface area (Å²) in [4.78, 5) is 37.3. The van der Waals surface area contributed by atoms with Crippen molar-refractivity contribution >= 4 is 34.2 Å². The molecule has 2 rings (SSSR count). The molecular formula is C20H22FNO6S. The maximum absolute atomic E-state index is 13.7. The van der Waals surface area contributed by atoms with Crippen molar-refractivity contribution < 1.29 is 33.0 Å². The molecule has 0 saturated heterocycles. The predicted molar refractivity (Wildman–Crippen MR) is 106 cm³/mol. The zero-order valence-corrected chi connectivity index (χ0v) is 17.4. The second kappa shape index (κ2) is 10.0. The maximum Gasteiger partial charge on any atom is 0.348 e. The van der Waals surface area contributed by atoms with Crippen LogP contribution < -0.4 is 10.1 Å². The van der Waals surface area contributed by atoms with Crippen molar-refractivity contribution in [2.75, 3.05) is 18.5 Å². The fraction of sp³-hybridized carbons (Fsp3) is 0.350. The van der Waals surface area contributed by atoms with Crippen LogP contribution in [0.2, 0.25) is 0 Å².